The van der Waals surface area contributed by atoms with Crippen LogP contribution in [0.2, 0.25) is 5.02 Å². The van der Waals surface area contributed by atoms with Gasteiger partial charge in [0.25, 0.3) is 0 Å². The number of halogens is 2. The Morgan fingerprint density at radius 1 is 1.60 bits per heavy atom. The van der Waals surface area contributed by atoms with Gasteiger partial charge in [-0.05, 0) is 12.1 Å². The highest BCUT2D eigenvalue weighted by atomic mass is 35.5. The monoisotopic (exact) mass is 233 g/mol. The first-order chi connectivity index (χ1) is 6.93. The lowest BCUT2D eigenvalue weighted by Gasteiger charge is -2.10. The van der Waals surface area contributed by atoms with Crippen LogP contribution in [0.15, 0.2) is 12.1 Å². The van der Waals surface area contributed by atoms with E-state index in [1.54, 1.807) is 0 Å². The number of hydrogen-bond acceptors (Lipinski definition) is 3. The van der Waals surface area contributed by atoms with Crippen LogP contribution in [0.5, 0.6) is 5.75 Å². The standard InChI is InChI=1S/C9H9ClFNO3/c10-5-1-2-7(13)4(8(5)11)3-6(12)9(14)15/h1-2,6,13H,3,12H2,(H,14,15). The normalized spacial score (nSPS) is 12.5. The molecule has 6 heteroatoms. The van der Waals surface area contributed by atoms with Crippen molar-refractivity contribution in [3.8, 4) is 5.75 Å². The Labute approximate surface area is 90.1 Å². The molecule has 0 aliphatic heterocycles. The first-order valence-corrected chi connectivity index (χ1v) is 4.45. The molecular weight excluding hydrogens is 225 g/mol. The number of hydrogen-bond donors (Lipinski definition) is 3. The van der Waals surface area contributed by atoms with Crippen molar-refractivity contribution in [2.24, 2.45) is 5.73 Å². The molecule has 1 rings (SSSR count). The molecule has 0 aliphatic carbocycles. The van der Waals surface area contributed by atoms with Crippen molar-refractivity contribution in [1.29, 1.82) is 0 Å². The number of phenolic OH excluding ortho intramolecular Hbond substituents is 1. The molecular formula is C9H9ClFNO3. The topological polar surface area (TPSA) is 83.5 Å². The van der Waals surface area contributed by atoms with Crippen LogP contribution in [0.4, 0.5) is 4.39 Å². The van der Waals surface area contributed by atoms with Gasteiger partial charge in [0.15, 0.2) is 0 Å². The minimum atomic E-state index is -1.27. The van der Waals surface area contributed by atoms with E-state index in [1.165, 1.54) is 12.1 Å². The molecule has 0 aromatic heterocycles. The van der Waals surface area contributed by atoms with Crippen LogP contribution in [0.3, 0.4) is 0 Å². The second kappa shape index (κ2) is 4.46. The van der Waals surface area contributed by atoms with Crippen LogP contribution in [0.25, 0.3) is 0 Å². The van der Waals surface area contributed by atoms with E-state index in [2.05, 4.69) is 0 Å². The average molecular weight is 234 g/mol. The molecule has 15 heavy (non-hydrogen) atoms. The van der Waals surface area contributed by atoms with Crippen LogP contribution in [-0.4, -0.2) is 22.2 Å². The average Bonchev–Trinajstić information content (AvgIpc) is 2.18. The Kier molecular flexibility index (Phi) is 3.49. The second-order valence-corrected chi connectivity index (χ2v) is 3.42. The molecule has 0 saturated carbocycles. The van der Waals surface area contributed by atoms with Gasteiger partial charge in [-0.1, -0.05) is 11.6 Å². The number of benzene rings is 1. The lowest BCUT2D eigenvalue weighted by Crippen LogP contribution is -2.32. The van der Waals surface area contributed by atoms with Gasteiger partial charge in [0.2, 0.25) is 0 Å². The number of rotatable bonds is 3. The maximum Gasteiger partial charge on any atom is 0.320 e. The van der Waals surface area contributed by atoms with E-state index >= 15 is 0 Å². The van der Waals surface area contributed by atoms with E-state index in [0.717, 1.165) is 0 Å². The van der Waals surface area contributed by atoms with Crippen LogP contribution in [0.1, 0.15) is 5.56 Å². The molecule has 0 fully saturated rings. The third-order valence-corrected chi connectivity index (χ3v) is 2.20. The summed E-state index contributed by atoms with van der Waals surface area (Å²) >= 11 is 5.47. The lowest BCUT2D eigenvalue weighted by molar-refractivity contribution is -0.138. The zero-order valence-corrected chi connectivity index (χ0v) is 8.33. The summed E-state index contributed by atoms with van der Waals surface area (Å²) in [6.45, 7) is 0. The van der Waals surface area contributed by atoms with Crippen molar-refractivity contribution in [1.82, 2.24) is 0 Å². The Hall–Kier alpha value is -1.33. The SMILES string of the molecule is NC(Cc1c(O)ccc(Cl)c1F)C(=O)O. The lowest BCUT2D eigenvalue weighted by atomic mass is 10.1. The summed E-state index contributed by atoms with van der Waals surface area (Å²) in [7, 11) is 0. The van der Waals surface area contributed by atoms with E-state index in [9.17, 15) is 14.3 Å². The third-order valence-electron chi connectivity index (χ3n) is 1.91. The van der Waals surface area contributed by atoms with Crippen molar-refractivity contribution in [3.05, 3.63) is 28.5 Å². The van der Waals surface area contributed by atoms with E-state index in [-0.39, 0.29) is 22.8 Å². The highest BCUT2D eigenvalue weighted by molar-refractivity contribution is 6.30. The second-order valence-electron chi connectivity index (χ2n) is 3.01. The van der Waals surface area contributed by atoms with Gasteiger partial charge in [-0.2, -0.15) is 0 Å². The molecule has 0 radical (unpaired) electrons. The van der Waals surface area contributed by atoms with Crippen LogP contribution in [0, 0.1) is 5.82 Å². The third kappa shape index (κ3) is 2.57. The molecule has 0 heterocycles. The van der Waals surface area contributed by atoms with Gasteiger partial charge in [0.1, 0.15) is 17.6 Å². The Morgan fingerprint density at radius 2 is 2.20 bits per heavy atom. The van der Waals surface area contributed by atoms with Gasteiger partial charge in [0.05, 0.1) is 5.02 Å². The summed E-state index contributed by atoms with van der Waals surface area (Å²) in [6, 6.07) is 1.10. The minimum absolute atomic E-state index is 0.180. The molecule has 0 spiro atoms. The first kappa shape index (κ1) is 11.7. The number of carboxylic acids is 1. The largest absolute Gasteiger partial charge is 0.508 e. The number of phenols is 1. The molecule has 1 aromatic carbocycles. The molecule has 0 amide bonds. The molecule has 1 aromatic rings. The molecule has 1 atom stereocenters. The summed E-state index contributed by atoms with van der Waals surface area (Å²) in [5.74, 6) is -2.46. The summed E-state index contributed by atoms with van der Waals surface area (Å²) in [6.07, 6.45) is -0.312. The molecule has 0 saturated heterocycles. The molecule has 0 bridgehead atoms. The van der Waals surface area contributed by atoms with E-state index in [0.29, 0.717) is 0 Å². The first-order valence-electron chi connectivity index (χ1n) is 4.07. The van der Waals surface area contributed by atoms with Crippen molar-refractivity contribution in [2.45, 2.75) is 12.5 Å². The summed E-state index contributed by atoms with van der Waals surface area (Å²) in [4.78, 5) is 10.4. The molecule has 82 valence electrons. The summed E-state index contributed by atoms with van der Waals surface area (Å²) < 4.78 is 13.3. The fraction of sp³-hybridized carbons (Fsp3) is 0.222. The smallest absolute Gasteiger partial charge is 0.320 e. The van der Waals surface area contributed by atoms with Crippen molar-refractivity contribution in [3.63, 3.8) is 0 Å². The van der Waals surface area contributed by atoms with Crippen LogP contribution >= 0.6 is 11.6 Å². The van der Waals surface area contributed by atoms with Gasteiger partial charge < -0.3 is 15.9 Å². The maximum atomic E-state index is 13.3. The van der Waals surface area contributed by atoms with E-state index in [1.807, 2.05) is 0 Å². The molecule has 4 nitrogen and oxygen atoms in total. The Bertz CT molecular complexity index is 397. The molecule has 1 unspecified atom stereocenters. The van der Waals surface area contributed by atoms with Crippen molar-refractivity contribution >= 4 is 17.6 Å². The Balaban J connectivity index is 3.03. The fourth-order valence-electron chi connectivity index (χ4n) is 1.08. The van der Waals surface area contributed by atoms with Crippen molar-refractivity contribution in [2.75, 3.05) is 0 Å². The van der Waals surface area contributed by atoms with Gasteiger partial charge in [-0.15, -0.1) is 0 Å². The number of carboxylic acid groups (broad SMARTS) is 1. The van der Waals surface area contributed by atoms with Gasteiger partial charge in [-0.3, -0.25) is 4.79 Å². The van der Waals surface area contributed by atoms with Crippen molar-refractivity contribution < 1.29 is 19.4 Å². The quantitative estimate of drug-likeness (QED) is 0.731. The highest BCUT2D eigenvalue weighted by Gasteiger charge is 2.19. The van der Waals surface area contributed by atoms with E-state index < -0.39 is 17.8 Å². The maximum absolute atomic E-state index is 13.3. The zero-order valence-electron chi connectivity index (χ0n) is 7.58. The summed E-state index contributed by atoms with van der Waals surface area (Å²) in [5, 5.41) is 17.7. The summed E-state index contributed by atoms with van der Waals surface area (Å²) in [5.41, 5.74) is 5.03. The fourth-order valence-corrected chi connectivity index (χ4v) is 1.26. The number of aliphatic carboxylic acids is 1. The van der Waals surface area contributed by atoms with E-state index in [4.69, 9.17) is 22.4 Å². The number of nitrogens with two attached hydrogens (primary N) is 1. The molecule has 4 N–H and O–H groups in total. The minimum Gasteiger partial charge on any atom is -0.508 e. The zero-order chi connectivity index (χ0) is 11.6. The van der Waals surface area contributed by atoms with Gasteiger partial charge in [-0.25, -0.2) is 4.39 Å². The molecule has 0 aliphatic rings. The van der Waals surface area contributed by atoms with Gasteiger partial charge >= 0.3 is 5.97 Å². The van der Waals surface area contributed by atoms with Gasteiger partial charge in [0, 0.05) is 12.0 Å². The number of carbonyl (C=O) groups is 1. The predicted molar refractivity (Wildman–Crippen MR) is 52.4 cm³/mol. The Morgan fingerprint density at radius 3 is 2.73 bits per heavy atom. The predicted octanol–water partition coefficient (Wildman–Crippen LogP) is 1.14. The van der Waals surface area contributed by atoms with Crippen LogP contribution in [-0.2, 0) is 11.2 Å². The van der Waals surface area contributed by atoms with Crippen LogP contribution < -0.4 is 5.73 Å². The highest BCUT2D eigenvalue weighted by Crippen LogP contribution is 2.27. The number of aromatic hydroxyl groups is 1.